The summed E-state index contributed by atoms with van der Waals surface area (Å²) < 4.78 is 17.3. The van der Waals surface area contributed by atoms with E-state index >= 15 is 0 Å². The van der Waals surface area contributed by atoms with Crippen molar-refractivity contribution in [3.05, 3.63) is 22.2 Å². The molecule has 118 valence electrons. The Kier molecular flexibility index (Phi) is 6.33. The molecule has 1 aliphatic rings. The molecule has 2 rings (SSSR count). The highest BCUT2D eigenvalue weighted by Gasteiger charge is 2.25. The van der Waals surface area contributed by atoms with Crippen LogP contribution < -0.4 is 14.8 Å². The first-order chi connectivity index (χ1) is 10.2. The Morgan fingerprint density at radius 2 is 2.19 bits per heavy atom. The van der Waals surface area contributed by atoms with Gasteiger partial charge in [-0.15, -0.1) is 0 Å². The summed E-state index contributed by atoms with van der Waals surface area (Å²) in [7, 11) is 3.36. The minimum atomic E-state index is 0.263. The molecule has 1 fully saturated rings. The molecule has 0 spiro atoms. The zero-order valence-electron chi connectivity index (χ0n) is 12.9. The van der Waals surface area contributed by atoms with E-state index in [-0.39, 0.29) is 6.04 Å². The van der Waals surface area contributed by atoms with E-state index in [0.29, 0.717) is 5.92 Å². The fraction of sp³-hybridized carbons (Fsp3) is 0.625. The molecule has 1 N–H and O–H groups in total. The molecule has 21 heavy (non-hydrogen) atoms. The van der Waals surface area contributed by atoms with E-state index < -0.39 is 0 Å². The van der Waals surface area contributed by atoms with Gasteiger partial charge in [-0.3, -0.25) is 0 Å². The summed E-state index contributed by atoms with van der Waals surface area (Å²) in [4.78, 5) is 0. The molecular weight excluding hydrogens is 334 g/mol. The molecule has 0 saturated carbocycles. The van der Waals surface area contributed by atoms with Gasteiger partial charge >= 0.3 is 0 Å². The SMILES string of the molecule is CCNC(CC1CCOC1)c1ccc(OC)c(Br)c1OC. The smallest absolute Gasteiger partial charge is 0.141 e. The van der Waals surface area contributed by atoms with Crippen molar-refractivity contribution in [1.82, 2.24) is 5.32 Å². The lowest BCUT2D eigenvalue weighted by Gasteiger charge is -2.24. The summed E-state index contributed by atoms with van der Waals surface area (Å²) >= 11 is 3.58. The number of hydrogen-bond acceptors (Lipinski definition) is 4. The normalized spacial score (nSPS) is 19.5. The van der Waals surface area contributed by atoms with Gasteiger partial charge in [-0.1, -0.05) is 6.92 Å². The van der Waals surface area contributed by atoms with Gasteiger partial charge in [0, 0.05) is 24.8 Å². The van der Waals surface area contributed by atoms with Crippen molar-refractivity contribution >= 4 is 15.9 Å². The van der Waals surface area contributed by atoms with Crippen molar-refractivity contribution in [2.45, 2.75) is 25.8 Å². The van der Waals surface area contributed by atoms with Gasteiger partial charge in [0.05, 0.1) is 14.2 Å². The van der Waals surface area contributed by atoms with Crippen LogP contribution in [0, 0.1) is 5.92 Å². The van der Waals surface area contributed by atoms with Crippen LogP contribution in [0.5, 0.6) is 11.5 Å². The number of hydrogen-bond donors (Lipinski definition) is 1. The highest BCUT2D eigenvalue weighted by Crippen LogP contribution is 2.41. The molecule has 1 aromatic carbocycles. The first-order valence-corrected chi connectivity index (χ1v) is 8.22. The van der Waals surface area contributed by atoms with Gasteiger partial charge in [-0.25, -0.2) is 0 Å². The van der Waals surface area contributed by atoms with Crippen LogP contribution in [-0.4, -0.2) is 34.0 Å². The predicted molar refractivity (Wildman–Crippen MR) is 87.2 cm³/mol. The standard InChI is InChI=1S/C16H24BrNO3/c1-4-18-13(9-11-7-8-21-10-11)12-5-6-14(19-2)15(17)16(12)20-3/h5-6,11,13,18H,4,7-10H2,1-3H3. The Hall–Kier alpha value is -0.780. The monoisotopic (exact) mass is 357 g/mol. The molecule has 1 heterocycles. The van der Waals surface area contributed by atoms with Crippen molar-refractivity contribution in [2.24, 2.45) is 5.92 Å². The molecule has 1 aliphatic heterocycles. The van der Waals surface area contributed by atoms with Crippen molar-refractivity contribution in [3.8, 4) is 11.5 Å². The van der Waals surface area contributed by atoms with E-state index in [9.17, 15) is 0 Å². The van der Waals surface area contributed by atoms with Crippen molar-refractivity contribution in [3.63, 3.8) is 0 Å². The van der Waals surface area contributed by atoms with Crippen LogP contribution in [0.25, 0.3) is 0 Å². The largest absolute Gasteiger partial charge is 0.495 e. The zero-order chi connectivity index (χ0) is 15.2. The van der Waals surface area contributed by atoms with Crippen LogP contribution >= 0.6 is 15.9 Å². The van der Waals surface area contributed by atoms with Crippen LogP contribution in [0.2, 0.25) is 0 Å². The summed E-state index contributed by atoms with van der Waals surface area (Å²) in [6.07, 6.45) is 2.20. The van der Waals surface area contributed by atoms with Crippen LogP contribution in [0.15, 0.2) is 16.6 Å². The quantitative estimate of drug-likeness (QED) is 0.809. The van der Waals surface area contributed by atoms with Crippen LogP contribution in [0.3, 0.4) is 0 Å². The molecule has 0 bridgehead atoms. The third-order valence-electron chi connectivity index (χ3n) is 3.94. The third-order valence-corrected chi connectivity index (χ3v) is 4.69. The van der Waals surface area contributed by atoms with Gasteiger partial charge < -0.3 is 19.5 Å². The van der Waals surface area contributed by atoms with Gasteiger partial charge in [0.1, 0.15) is 16.0 Å². The van der Waals surface area contributed by atoms with Gasteiger partial charge in [-0.05, 0) is 53.4 Å². The van der Waals surface area contributed by atoms with E-state index in [1.165, 1.54) is 5.56 Å². The Balaban J connectivity index is 2.27. The maximum Gasteiger partial charge on any atom is 0.141 e. The minimum absolute atomic E-state index is 0.263. The summed E-state index contributed by atoms with van der Waals surface area (Å²) in [5.41, 5.74) is 1.17. The molecule has 1 saturated heterocycles. The number of benzene rings is 1. The Bertz CT molecular complexity index is 461. The number of ether oxygens (including phenoxy) is 3. The fourth-order valence-electron chi connectivity index (χ4n) is 2.86. The lowest BCUT2D eigenvalue weighted by Crippen LogP contribution is -2.24. The molecule has 0 aliphatic carbocycles. The first kappa shape index (κ1) is 16.6. The van der Waals surface area contributed by atoms with Crippen LogP contribution in [-0.2, 0) is 4.74 Å². The average molecular weight is 358 g/mol. The maximum atomic E-state index is 5.61. The molecule has 0 aromatic heterocycles. The van der Waals surface area contributed by atoms with E-state index in [1.807, 2.05) is 6.07 Å². The van der Waals surface area contributed by atoms with Crippen molar-refractivity contribution < 1.29 is 14.2 Å². The second-order valence-corrected chi connectivity index (χ2v) is 6.07. The minimum Gasteiger partial charge on any atom is -0.495 e. The molecule has 2 atom stereocenters. The van der Waals surface area contributed by atoms with Gasteiger partial charge in [0.2, 0.25) is 0 Å². The Morgan fingerprint density at radius 3 is 2.76 bits per heavy atom. The second-order valence-electron chi connectivity index (χ2n) is 5.28. The molecule has 2 unspecified atom stereocenters. The zero-order valence-corrected chi connectivity index (χ0v) is 14.5. The van der Waals surface area contributed by atoms with Gasteiger partial charge in [-0.2, -0.15) is 0 Å². The van der Waals surface area contributed by atoms with Gasteiger partial charge in [0.25, 0.3) is 0 Å². The fourth-order valence-corrected chi connectivity index (χ4v) is 3.55. The van der Waals surface area contributed by atoms with Crippen LogP contribution in [0.4, 0.5) is 0 Å². The summed E-state index contributed by atoms with van der Waals surface area (Å²) in [5.74, 6) is 2.24. The van der Waals surface area contributed by atoms with Gasteiger partial charge in [0.15, 0.2) is 0 Å². The molecule has 0 amide bonds. The van der Waals surface area contributed by atoms with Crippen LogP contribution in [0.1, 0.15) is 31.4 Å². The lowest BCUT2D eigenvalue weighted by atomic mass is 9.93. The summed E-state index contributed by atoms with van der Waals surface area (Å²) in [6, 6.07) is 4.34. The third kappa shape index (κ3) is 3.90. The summed E-state index contributed by atoms with van der Waals surface area (Å²) in [6.45, 7) is 4.79. The van der Waals surface area contributed by atoms with E-state index in [1.54, 1.807) is 14.2 Å². The molecule has 0 radical (unpaired) electrons. The average Bonchev–Trinajstić information content (AvgIpc) is 2.99. The molecule has 5 heteroatoms. The highest BCUT2D eigenvalue weighted by atomic mass is 79.9. The topological polar surface area (TPSA) is 39.7 Å². The predicted octanol–water partition coefficient (Wildman–Crippen LogP) is 3.54. The Labute approximate surface area is 135 Å². The molecule has 4 nitrogen and oxygen atoms in total. The van der Waals surface area contributed by atoms with Crippen molar-refractivity contribution in [2.75, 3.05) is 34.0 Å². The Morgan fingerprint density at radius 1 is 1.38 bits per heavy atom. The number of rotatable bonds is 7. The van der Waals surface area contributed by atoms with E-state index in [0.717, 1.165) is 48.6 Å². The number of methoxy groups -OCH3 is 2. The second kappa shape index (κ2) is 8.01. The maximum absolute atomic E-state index is 5.61. The summed E-state index contributed by atoms with van der Waals surface area (Å²) in [5, 5.41) is 3.57. The molecular formula is C16H24BrNO3. The highest BCUT2D eigenvalue weighted by molar-refractivity contribution is 9.10. The molecule has 1 aromatic rings. The van der Waals surface area contributed by atoms with E-state index in [2.05, 4.69) is 34.2 Å². The van der Waals surface area contributed by atoms with E-state index in [4.69, 9.17) is 14.2 Å². The first-order valence-electron chi connectivity index (χ1n) is 7.42. The number of halogens is 1. The number of nitrogens with one attached hydrogen (secondary N) is 1. The lowest BCUT2D eigenvalue weighted by molar-refractivity contribution is 0.181. The van der Waals surface area contributed by atoms with Crippen molar-refractivity contribution in [1.29, 1.82) is 0 Å².